The van der Waals surface area contributed by atoms with Gasteiger partial charge in [-0.15, -0.1) is 0 Å². The van der Waals surface area contributed by atoms with Crippen molar-refractivity contribution in [1.29, 1.82) is 0 Å². The molecule has 0 radical (unpaired) electrons. The van der Waals surface area contributed by atoms with E-state index >= 15 is 0 Å². The molecule has 1 fully saturated rings. The zero-order valence-corrected chi connectivity index (χ0v) is 12.4. The molecular weight excluding hydrogens is 258 g/mol. The molecular formula is C15H23NO2S. The summed E-state index contributed by atoms with van der Waals surface area (Å²) in [6.07, 6.45) is 2.62. The Bertz CT molecular complexity index is 367. The summed E-state index contributed by atoms with van der Waals surface area (Å²) >= 11 is 2.01. The van der Waals surface area contributed by atoms with Gasteiger partial charge >= 0.3 is 0 Å². The summed E-state index contributed by atoms with van der Waals surface area (Å²) in [6, 6.07) is 7.88. The smallest absolute Gasteiger partial charge is 0.161 e. The summed E-state index contributed by atoms with van der Waals surface area (Å²) in [7, 11) is 0. The number of hydrogen-bond acceptors (Lipinski definition) is 4. The first kappa shape index (κ1) is 14.5. The van der Waals surface area contributed by atoms with Gasteiger partial charge in [-0.2, -0.15) is 11.8 Å². The lowest BCUT2D eigenvalue weighted by Crippen LogP contribution is -2.32. The van der Waals surface area contributed by atoms with E-state index in [0.29, 0.717) is 6.61 Å². The highest BCUT2D eigenvalue weighted by Gasteiger charge is 2.12. The van der Waals surface area contributed by atoms with Gasteiger partial charge in [-0.05, 0) is 38.4 Å². The van der Waals surface area contributed by atoms with Gasteiger partial charge in [-0.3, -0.25) is 0 Å². The molecule has 1 heterocycles. The first-order valence-electron chi connectivity index (χ1n) is 7.07. The van der Waals surface area contributed by atoms with Crippen LogP contribution in [0.2, 0.25) is 0 Å². The second-order valence-corrected chi connectivity index (χ2v) is 5.98. The topological polar surface area (TPSA) is 30.5 Å². The van der Waals surface area contributed by atoms with Crippen LogP contribution >= 0.6 is 11.8 Å². The van der Waals surface area contributed by atoms with Crippen LogP contribution in [0.4, 0.5) is 0 Å². The Hall–Kier alpha value is -0.870. The number of para-hydroxylation sites is 2. The van der Waals surface area contributed by atoms with Gasteiger partial charge in [0, 0.05) is 17.5 Å². The Morgan fingerprint density at radius 3 is 2.74 bits per heavy atom. The Kier molecular flexibility index (Phi) is 6.37. The molecule has 2 rings (SSSR count). The Morgan fingerprint density at radius 1 is 1.26 bits per heavy atom. The summed E-state index contributed by atoms with van der Waals surface area (Å²) < 4.78 is 11.4. The lowest BCUT2D eigenvalue weighted by molar-refractivity contribution is 0.289. The SMILES string of the molecule is CCOc1ccccc1OCCSC1CCCNC1. The third-order valence-corrected chi connectivity index (χ3v) is 4.37. The molecule has 0 spiro atoms. The summed E-state index contributed by atoms with van der Waals surface area (Å²) in [5.74, 6) is 2.73. The zero-order chi connectivity index (χ0) is 13.3. The average molecular weight is 281 g/mol. The van der Waals surface area contributed by atoms with Crippen molar-refractivity contribution >= 4 is 11.8 Å². The lowest BCUT2D eigenvalue weighted by atomic mass is 10.2. The van der Waals surface area contributed by atoms with Crippen LogP contribution in [0.5, 0.6) is 11.5 Å². The molecule has 0 aliphatic carbocycles. The second kappa shape index (κ2) is 8.33. The molecule has 3 nitrogen and oxygen atoms in total. The average Bonchev–Trinajstić information content (AvgIpc) is 2.47. The van der Waals surface area contributed by atoms with Crippen molar-refractivity contribution in [2.75, 3.05) is 32.1 Å². The van der Waals surface area contributed by atoms with Crippen LogP contribution < -0.4 is 14.8 Å². The monoisotopic (exact) mass is 281 g/mol. The second-order valence-electron chi connectivity index (χ2n) is 4.57. The van der Waals surface area contributed by atoms with E-state index in [0.717, 1.165) is 35.7 Å². The highest BCUT2D eigenvalue weighted by molar-refractivity contribution is 7.99. The van der Waals surface area contributed by atoms with Gasteiger partial charge in [-0.25, -0.2) is 0 Å². The predicted octanol–water partition coefficient (Wildman–Crippen LogP) is 2.95. The molecule has 0 saturated carbocycles. The Balaban J connectivity index is 1.70. The fourth-order valence-corrected chi connectivity index (χ4v) is 3.25. The fraction of sp³-hybridized carbons (Fsp3) is 0.600. The minimum atomic E-state index is 0.670. The van der Waals surface area contributed by atoms with E-state index in [4.69, 9.17) is 9.47 Å². The molecule has 1 N–H and O–H groups in total. The van der Waals surface area contributed by atoms with Crippen LogP contribution in [0.15, 0.2) is 24.3 Å². The minimum Gasteiger partial charge on any atom is -0.490 e. The first-order chi connectivity index (χ1) is 9.40. The van der Waals surface area contributed by atoms with Gasteiger partial charge in [0.15, 0.2) is 11.5 Å². The molecule has 106 valence electrons. The van der Waals surface area contributed by atoms with Crippen molar-refractivity contribution < 1.29 is 9.47 Å². The quantitative estimate of drug-likeness (QED) is 0.778. The lowest BCUT2D eigenvalue weighted by Gasteiger charge is -2.22. The maximum atomic E-state index is 5.81. The van der Waals surface area contributed by atoms with E-state index in [1.54, 1.807) is 0 Å². The number of ether oxygens (including phenoxy) is 2. The third kappa shape index (κ3) is 4.96. The Morgan fingerprint density at radius 2 is 2.05 bits per heavy atom. The normalized spacial score (nSPS) is 19.1. The number of benzene rings is 1. The zero-order valence-electron chi connectivity index (χ0n) is 11.6. The number of nitrogens with one attached hydrogen (secondary N) is 1. The van der Waals surface area contributed by atoms with Crippen molar-refractivity contribution in [3.05, 3.63) is 24.3 Å². The number of thioether (sulfide) groups is 1. The number of hydrogen-bond donors (Lipinski definition) is 1. The summed E-state index contributed by atoms with van der Waals surface area (Å²) in [5, 5.41) is 4.19. The van der Waals surface area contributed by atoms with Crippen molar-refractivity contribution in [2.24, 2.45) is 0 Å². The van der Waals surface area contributed by atoms with Gasteiger partial charge < -0.3 is 14.8 Å². The summed E-state index contributed by atoms with van der Waals surface area (Å²) in [6.45, 7) is 5.71. The van der Waals surface area contributed by atoms with Crippen molar-refractivity contribution in [3.8, 4) is 11.5 Å². The van der Waals surface area contributed by atoms with Crippen LogP contribution in [-0.4, -0.2) is 37.3 Å². The first-order valence-corrected chi connectivity index (χ1v) is 8.12. The molecule has 1 aliphatic rings. The maximum Gasteiger partial charge on any atom is 0.161 e. The molecule has 1 unspecified atom stereocenters. The maximum absolute atomic E-state index is 5.81. The van der Waals surface area contributed by atoms with E-state index < -0.39 is 0 Å². The molecule has 1 aromatic rings. The summed E-state index contributed by atoms with van der Waals surface area (Å²) in [5.41, 5.74) is 0. The standard InChI is InChI=1S/C15H23NO2S/c1-2-17-14-7-3-4-8-15(14)18-10-11-19-13-6-5-9-16-12-13/h3-4,7-8,13,16H,2,5-6,9-12H2,1H3. The molecule has 1 saturated heterocycles. The van der Waals surface area contributed by atoms with Gasteiger partial charge in [0.05, 0.1) is 13.2 Å². The molecule has 19 heavy (non-hydrogen) atoms. The van der Waals surface area contributed by atoms with Crippen LogP contribution in [-0.2, 0) is 0 Å². The van der Waals surface area contributed by atoms with E-state index in [2.05, 4.69) is 5.32 Å². The van der Waals surface area contributed by atoms with Crippen LogP contribution in [0, 0.1) is 0 Å². The van der Waals surface area contributed by atoms with E-state index in [1.165, 1.54) is 19.4 Å². The van der Waals surface area contributed by atoms with Crippen LogP contribution in [0.25, 0.3) is 0 Å². The molecule has 1 aliphatic heterocycles. The third-order valence-electron chi connectivity index (χ3n) is 3.10. The van der Waals surface area contributed by atoms with Gasteiger partial charge in [0.1, 0.15) is 0 Å². The van der Waals surface area contributed by atoms with Crippen molar-refractivity contribution in [2.45, 2.75) is 25.0 Å². The highest BCUT2D eigenvalue weighted by Crippen LogP contribution is 2.26. The Labute approximate surface area is 120 Å². The molecule has 1 atom stereocenters. The molecule has 0 bridgehead atoms. The van der Waals surface area contributed by atoms with Crippen molar-refractivity contribution in [1.82, 2.24) is 5.32 Å². The number of rotatable bonds is 7. The molecule has 4 heteroatoms. The van der Waals surface area contributed by atoms with Gasteiger partial charge in [-0.1, -0.05) is 12.1 Å². The van der Waals surface area contributed by atoms with E-state index in [9.17, 15) is 0 Å². The summed E-state index contributed by atoms with van der Waals surface area (Å²) in [4.78, 5) is 0. The van der Waals surface area contributed by atoms with Crippen LogP contribution in [0.1, 0.15) is 19.8 Å². The highest BCUT2D eigenvalue weighted by atomic mass is 32.2. The van der Waals surface area contributed by atoms with E-state index in [-0.39, 0.29) is 0 Å². The van der Waals surface area contributed by atoms with Crippen LogP contribution in [0.3, 0.4) is 0 Å². The molecule has 0 aromatic heterocycles. The molecule has 0 amide bonds. The minimum absolute atomic E-state index is 0.670. The fourth-order valence-electron chi connectivity index (χ4n) is 2.17. The number of piperidine rings is 1. The largest absolute Gasteiger partial charge is 0.490 e. The van der Waals surface area contributed by atoms with Crippen molar-refractivity contribution in [3.63, 3.8) is 0 Å². The molecule has 1 aromatic carbocycles. The van der Waals surface area contributed by atoms with E-state index in [1.807, 2.05) is 43.0 Å². The predicted molar refractivity (Wildman–Crippen MR) is 81.5 cm³/mol. The van der Waals surface area contributed by atoms with Gasteiger partial charge in [0.25, 0.3) is 0 Å². The van der Waals surface area contributed by atoms with Gasteiger partial charge in [0.2, 0.25) is 0 Å².